The van der Waals surface area contributed by atoms with Gasteiger partial charge in [0.25, 0.3) is 0 Å². The molecule has 1 aromatic rings. The highest BCUT2D eigenvalue weighted by Crippen LogP contribution is 2.38. The summed E-state index contributed by atoms with van der Waals surface area (Å²) in [6.07, 6.45) is -5.65. The number of benzene rings is 1. The molecule has 0 aliphatic carbocycles. The molecule has 4 nitrogen and oxygen atoms in total. The minimum atomic E-state index is -4.66. The highest BCUT2D eigenvalue weighted by molar-refractivity contribution is 5.74. The van der Waals surface area contributed by atoms with Crippen LogP contribution in [0.25, 0.3) is 0 Å². The molecule has 0 radical (unpaired) electrons. The number of aliphatic hydroxyl groups is 1. The number of likely N-dealkylation sites (tertiary alicyclic amines) is 1. The van der Waals surface area contributed by atoms with Gasteiger partial charge in [0.05, 0.1) is 0 Å². The zero-order chi connectivity index (χ0) is 18.0. The lowest BCUT2D eigenvalue weighted by atomic mass is 9.91. The van der Waals surface area contributed by atoms with Crippen molar-refractivity contribution in [3.63, 3.8) is 0 Å². The molecule has 24 heavy (non-hydrogen) atoms. The van der Waals surface area contributed by atoms with Gasteiger partial charge in [-0.3, -0.25) is 0 Å². The number of alkyl halides is 3. The lowest BCUT2D eigenvalue weighted by molar-refractivity contribution is -0.271. The predicted octanol–water partition coefficient (Wildman–Crippen LogP) is 3.28. The SMILES string of the molecule is CC(NC(=O)N1CCC(O)(C(F)(F)F)CC1)C(C)c1ccccc1. The third kappa shape index (κ3) is 4.01. The van der Waals surface area contributed by atoms with Crippen LogP contribution in [-0.4, -0.2) is 46.9 Å². The van der Waals surface area contributed by atoms with Gasteiger partial charge in [-0.1, -0.05) is 37.3 Å². The van der Waals surface area contributed by atoms with Gasteiger partial charge in [-0.15, -0.1) is 0 Å². The Bertz CT molecular complexity index is 555. The van der Waals surface area contributed by atoms with Crippen molar-refractivity contribution in [3.05, 3.63) is 35.9 Å². The molecule has 0 spiro atoms. The van der Waals surface area contributed by atoms with Gasteiger partial charge < -0.3 is 15.3 Å². The number of nitrogens with zero attached hydrogens (tertiary/aromatic N) is 1. The highest BCUT2D eigenvalue weighted by atomic mass is 19.4. The molecular weight excluding hydrogens is 321 g/mol. The Hall–Kier alpha value is -1.76. The van der Waals surface area contributed by atoms with Crippen LogP contribution in [0.5, 0.6) is 0 Å². The summed E-state index contributed by atoms with van der Waals surface area (Å²) in [7, 11) is 0. The molecule has 1 heterocycles. The van der Waals surface area contributed by atoms with Crippen LogP contribution in [0.4, 0.5) is 18.0 Å². The van der Waals surface area contributed by atoms with Crippen molar-refractivity contribution in [3.8, 4) is 0 Å². The second-order valence-electron chi connectivity index (χ2n) is 6.45. The van der Waals surface area contributed by atoms with E-state index in [1.54, 1.807) is 0 Å². The van der Waals surface area contributed by atoms with Gasteiger partial charge in [0.1, 0.15) is 0 Å². The Morgan fingerprint density at radius 2 is 1.75 bits per heavy atom. The van der Waals surface area contributed by atoms with Crippen molar-refractivity contribution in [2.24, 2.45) is 0 Å². The molecule has 1 aromatic carbocycles. The maximum atomic E-state index is 12.8. The first-order valence-corrected chi connectivity index (χ1v) is 8.03. The minimum Gasteiger partial charge on any atom is -0.380 e. The van der Waals surface area contributed by atoms with Gasteiger partial charge >= 0.3 is 12.2 Å². The monoisotopic (exact) mass is 344 g/mol. The van der Waals surface area contributed by atoms with Crippen LogP contribution >= 0.6 is 0 Å². The first-order chi connectivity index (χ1) is 11.1. The first-order valence-electron chi connectivity index (χ1n) is 8.03. The second-order valence-corrected chi connectivity index (χ2v) is 6.45. The number of piperidine rings is 1. The third-order valence-electron chi connectivity index (χ3n) is 4.83. The zero-order valence-corrected chi connectivity index (χ0v) is 13.8. The van der Waals surface area contributed by atoms with Crippen molar-refractivity contribution in [2.45, 2.75) is 50.4 Å². The average Bonchev–Trinajstić information content (AvgIpc) is 2.54. The van der Waals surface area contributed by atoms with Gasteiger partial charge in [0, 0.05) is 37.9 Å². The molecule has 1 fully saturated rings. The van der Waals surface area contributed by atoms with Crippen LogP contribution in [0.1, 0.15) is 38.2 Å². The molecule has 0 aromatic heterocycles. The Morgan fingerprint density at radius 1 is 1.21 bits per heavy atom. The quantitative estimate of drug-likeness (QED) is 0.884. The van der Waals surface area contributed by atoms with Crippen LogP contribution in [0, 0.1) is 0 Å². The summed E-state index contributed by atoms with van der Waals surface area (Å²) in [4.78, 5) is 13.6. The van der Waals surface area contributed by atoms with Gasteiger partial charge in [-0.05, 0) is 12.5 Å². The van der Waals surface area contributed by atoms with E-state index in [1.165, 1.54) is 4.90 Å². The molecule has 2 N–H and O–H groups in total. The van der Waals surface area contributed by atoms with Gasteiger partial charge in [-0.2, -0.15) is 13.2 Å². The highest BCUT2D eigenvalue weighted by Gasteiger charge is 2.54. The molecular formula is C17H23F3N2O2. The molecule has 2 unspecified atom stereocenters. The molecule has 0 bridgehead atoms. The molecule has 2 atom stereocenters. The van der Waals surface area contributed by atoms with Crippen LogP contribution in [0.15, 0.2) is 30.3 Å². The fraction of sp³-hybridized carbons (Fsp3) is 0.588. The number of rotatable bonds is 3. The van der Waals surface area contributed by atoms with E-state index in [0.29, 0.717) is 0 Å². The van der Waals surface area contributed by atoms with Crippen LogP contribution < -0.4 is 5.32 Å². The summed E-state index contributed by atoms with van der Waals surface area (Å²) in [6.45, 7) is 3.62. The van der Waals surface area contributed by atoms with E-state index in [0.717, 1.165) is 5.56 Å². The summed E-state index contributed by atoms with van der Waals surface area (Å²) >= 11 is 0. The second kappa shape index (κ2) is 7.01. The lowest BCUT2D eigenvalue weighted by Crippen LogP contribution is -2.56. The standard InChI is InChI=1S/C17H23F3N2O2/c1-12(14-6-4-3-5-7-14)13(2)21-15(23)22-10-8-16(24,9-11-22)17(18,19)20/h3-7,12-13,24H,8-11H2,1-2H3,(H,21,23). The third-order valence-corrected chi connectivity index (χ3v) is 4.83. The molecule has 7 heteroatoms. The molecule has 0 saturated carbocycles. The van der Waals surface area contributed by atoms with Crippen LogP contribution in [0.3, 0.4) is 0 Å². The van der Waals surface area contributed by atoms with Crippen LogP contribution in [-0.2, 0) is 0 Å². The Balaban J connectivity index is 1.90. The number of urea groups is 1. The van der Waals surface area contributed by atoms with E-state index < -0.39 is 30.7 Å². The van der Waals surface area contributed by atoms with Crippen molar-refractivity contribution in [2.75, 3.05) is 13.1 Å². The van der Waals surface area contributed by atoms with Crippen LogP contribution in [0.2, 0.25) is 0 Å². The fourth-order valence-electron chi connectivity index (χ4n) is 2.82. The molecule has 134 valence electrons. The molecule has 2 rings (SSSR count). The number of carbonyl (C=O) groups excluding carboxylic acids is 1. The number of amides is 2. The van der Waals surface area contributed by atoms with E-state index in [1.807, 2.05) is 44.2 Å². The average molecular weight is 344 g/mol. The lowest BCUT2D eigenvalue weighted by Gasteiger charge is -2.39. The largest absolute Gasteiger partial charge is 0.417 e. The van der Waals surface area contributed by atoms with Crippen molar-refractivity contribution < 1.29 is 23.1 Å². The molecule has 2 amide bonds. The van der Waals surface area contributed by atoms with Crippen molar-refractivity contribution in [1.82, 2.24) is 10.2 Å². The summed E-state index contributed by atoms with van der Waals surface area (Å²) in [5.74, 6) is 0.0760. The predicted molar refractivity (Wildman–Crippen MR) is 84.7 cm³/mol. The number of halogens is 3. The fourth-order valence-corrected chi connectivity index (χ4v) is 2.82. The summed E-state index contributed by atoms with van der Waals surface area (Å²) in [5.41, 5.74) is -1.61. The summed E-state index contributed by atoms with van der Waals surface area (Å²) in [6, 6.07) is 9.13. The van der Waals surface area contributed by atoms with Crippen molar-refractivity contribution in [1.29, 1.82) is 0 Å². The van der Waals surface area contributed by atoms with Gasteiger partial charge in [0.2, 0.25) is 0 Å². The normalized spacial score (nSPS) is 20.3. The zero-order valence-electron chi connectivity index (χ0n) is 13.8. The Morgan fingerprint density at radius 3 is 2.25 bits per heavy atom. The van der Waals surface area contributed by atoms with E-state index in [-0.39, 0.29) is 25.0 Å². The van der Waals surface area contributed by atoms with E-state index in [4.69, 9.17) is 0 Å². The molecule has 1 aliphatic heterocycles. The van der Waals surface area contributed by atoms with Gasteiger partial charge in [-0.25, -0.2) is 4.79 Å². The van der Waals surface area contributed by atoms with Crippen molar-refractivity contribution >= 4 is 6.03 Å². The Labute approximate surface area is 139 Å². The summed E-state index contributed by atoms with van der Waals surface area (Å²) < 4.78 is 38.4. The number of nitrogens with one attached hydrogen (secondary N) is 1. The molecule has 1 saturated heterocycles. The maximum Gasteiger partial charge on any atom is 0.417 e. The van der Waals surface area contributed by atoms with Gasteiger partial charge in [0.15, 0.2) is 5.60 Å². The minimum absolute atomic E-state index is 0.0760. The van der Waals surface area contributed by atoms with E-state index >= 15 is 0 Å². The topological polar surface area (TPSA) is 52.6 Å². The molecule has 1 aliphatic rings. The van der Waals surface area contributed by atoms with E-state index in [9.17, 15) is 23.1 Å². The maximum absolute atomic E-state index is 12.8. The smallest absolute Gasteiger partial charge is 0.380 e. The Kier molecular flexibility index (Phi) is 5.42. The number of carbonyl (C=O) groups is 1. The number of hydrogen-bond acceptors (Lipinski definition) is 2. The first kappa shape index (κ1) is 18.6. The summed E-state index contributed by atoms with van der Waals surface area (Å²) in [5, 5.41) is 12.5. The number of hydrogen-bond donors (Lipinski definition) is 2. The van der Waals surface area contributed by atoms with E-state index in [2.05, 4.69) is 5.32 Å².